The number of sulfone groups is 1. The standard InChI is InChI=1S/C41H56N4O9S2/c1-5-24-55(50,51)40(30-20-18-29(19-21-30)28-14-10-9-11-15-28)26-34-35(46)43-41(37(48)44-56(52,53)32-22-23-32)25-31(41)16-12-7-6-8-13-17-33(36(47)45(34)27-40)42-38(49)54-39(2,3)4/h9-12,14-16,18-20,30-34H,5-8,13,17,21-27H2,1-4H3,(H,42,49)(H,43,46)(H,44,48)/b16-12-/t30?,31-,33+,34+,40+,41-/m1/s1. The summed E-state index contributed by atoms with van der Waals surface area (Å²) < 4.78 is 61.3. The van der Waals surface area contributed by atoms with Gasteiger partial charge < -0.3 is 20.3 Å². The van der Waals surface area contributed by atoms with Crippen molar-refractivity contribution in [2.45, 2.75) is 132 Å². The van der Waals surface area contributed by atoms with Gasteiger partial charge in [0.2, 0.25) is 21.8 Å². The summed E-state index contributed by atoms with van der Waals surface area (Å²) in [4.78, 5) is 57.9. The van der Waals surface area contributed by atoms with Crippen LogP contribution in [0.15, 0.2) is 60.7 Å². The molecule has 3 N–H and O–H groups in total. The van der Waals surface area contributed by atoms with Crippen molar-refractivity contribution in [3.63, 3.8) is 0 Å². The lowest BCUT2D eigenvalue weighted by atomic mass is 9.82. The summed E-state index contributed by atoms with van der Waals surface area (Å²) in [5.41, 5.74) is -0.571. The number of carbonyl (C=O) groups is 4. The molecule has 2 aliphatic heterocycles. The molecular weight excluding hydrogens is 757 g/mol. The summed E-state index contributed by atoms with van der Waals surface area (Å²) in [6.45, 7) is 6.56. The van der Waals surface area contributed by atoms with Crippen LogP contribution in [0.5, 0.6) is 0 Å². The van der Waals surface area contributed by atoms with Crippen LogP contribution >= 0.6 is 0 Å². The third-order valence-corrected chi connectivity index (χ3v) is 16.2. The second kappa shape index (κ2) is 16.1. The van der Waals surface area contributed by atoms with Gasteiger partial charge >= 0.3 is 6.09 Å². The van der Waals surface area contributed by atoms with Crippen LogP contribution in [-0.4, -0.2) is 91.1 Å². The molecule has 3 aliphatic carbocycles. The summed E-state index contributed by atoms with van der Waals surface area (Å²) in [6, 6.07) is 7.21. The molecule has 1 unspecified atom stereocenters. The molecule has 4 amide bonds. The third-order valence-electron chi connectivity index (χ3n) is 11.6. The monoisotopic (exact) mass is 812 g/mol. The van der Waals surface area contributed by atoms with Crippen molar-refractivity contribution >= 4 is 49.2 Å². The van der Waals surface area contributed by atoms with Gasteiger partial charge in [0.1, 0.15) is 23.2 Å². The number of amides is 4. The predicted molar refractivity (Wildman–Crippen MR) is 213 cm³/mol. The molecule has 0 aromatic heterocycles. The number of rotatable bonds is 9. The zero-order valence-corrected chi connectivity index (χ0v) is 34.4. The van der Waals surface area contributed by atoms with E-state index >= 15 is 0 Å². The minimum Gasteiger partial charge on any atom is -0.444 e. The Labute approximate surface area is 331 Å². The van der Waals surface area contributed by atoms with Gasteiger partial charge in [0.25, 0.3) is 5.91 Å². The van der Waals surface area contributed by atoms with Crippen LogP contribution in [0, 0.1) is 11.8 Å². The highest BCUT2D eigenvalue weighted by atomic mass is 32.2. The van der Waals surface area contributed by atoms with Gasteiger partial charge in [0, 0.05) is 18.4 Å². The summed E-state index contributed by atoms with van der Waals surface area (Å²) in [7, 11) is -7.95. The van der Waals surface area contributed by atoms with E-state index in [0.29, 0.717) is 44.9 Å². The van der Waals surface area contributed by atoms with Crippen LogP contribution in [0.4, 0.5) is 4.79 Å². The molecule has 1 aromatic rings. The fourth-order valence-corrected chi connectivity index (χ4v) is 12.0. The van der Waals surface area contributed by atoms with Crippen molar-refractivity contribution in [2.75, 3.05) is 12.3 Å². The van der Waals surface area contributed by atoms with Gasteiger partial charge in [-0.2, -0.15) is 0 Å². The molecule has 0 bridgehead atoms. The molecule has 2 saturated carbocycles. The third kappa shape index (κ3) is 8.93. The maximum atomic E-state index is 14.9. The van der Waals surface area contributed by atoms with E-state index in [9.17, 15) is 36.0 Å². The van der Waals surface area contributed by atoms with Gasteiger partial charge in [-0.25, -0.2) is 21.6 Å². The molecule has 15 heteroatoms. The number of hydrogen-bond donors (Lipinski definition) is 3. The first kappa shape index (κ1) is 41.6. The number of sulfonamides is 1. The molecule has 6 atom stereocenters. The number of allylic oxidation sites excluding steroid dienone is 5. The molecule has 13 nitrogen and oxygen atoms in total. The number of alkyl carbamates (subject to hydrolysis) is 1. The van der Waals surface area contributed by atoms with E-state index in [1.54, 1.807) is 27.7 Å². The van der Waals surface area contributed by atoms with Crippen molar-refractivity contribution in [3.8, 4) is 0 Å². The minimum absolute atomic E-state index is 0.141. The minimum atomic E-state index is -3.99. The highest BCUT2D eigenvalue weighted by Crippen LogP contribution is 2.48. The molecule has 5 aliphatic rings. The highest BCUT2D eigenvalue weighted by molar-refractivity contribution is 7.92. The number of hydrogen-bond acceptors (Lipinski definition) is 9. The van der Waals surface area contributed by atoms with Gasteiger partial charge in [0.05, 0.1) is 15.7 Å². The van der Waals surface area contributed by atoms with E-state index in [2.05, 4.69) is 15.4 Å². The number of nitrogens with one attached hydrogen (secondary N) is 3. The summed E-state index contributed by atoms with van der Waals surface area (Å²) in [5, 5.41) is 4.90. The maximum Gasteiger partial charge on any atom is 0.408 e. The smallest absolute Gasteiger partial charge is 0.408 e. The Kier molecular flexibility index (Phi) is 12.0. The molecule has 1 aromatic carbocycles. The van der Waals surface area contributed by atoms with E-state index in [1.165, 1.54) is 4.90 Å². The molecule has 6 rings (SSSR count). The fourth-order valence-electron chi connectivity index (χ4n) is 8.34. The van der Waals surface area contributed by atoms with Crippen LogP contribution in [-0.2, 0) is 39.0 Å². The first-order valence-electron chi connectivity index (χ1n) is 19.9. The number of ether oxygens (including phenoxy) is 1. The molecule has 3 fully saturated rings. The van der Waals surface area contributed by atoms with E-state index in [4.69, 9.17) is 4.74 Å². The number of benzene rings is 1. The van der Waals surface area contributed by atoms with Crippen molar-refractivity contribution in [3.05, 3.63) is 66.3 Å². The first-order chi connectivity index (χ1) is 26.4. The van der Waals surface area contributed by atoms with E-state index in [1.807, 2.05) is 60.7 Å². The molecule has 0 radical (unpaired) electrons. The lowest BCUT2D eigenvalue weighted by Gasteiger charge is -2.36. The molecule has 1 saturated heterocycles. The zero-order chi connectivity index (χ0) is 40.5. The average molecular weight is 813 g/mol. The Hall–Kier alpha value is -3.98. The molecular formula is C41H56N4O9S2. The topological polar surface area (TPSA) is 185 Å². The van der Waals surface area contributed by atoms with Crippen molar-refractivity contribution in [1.82, 2.24) is 20.3 Å². The lowest BCUT2D eigenvalue weighted by molar-refractivity contribution is -0.141. The largest absolute Gasteiger partial charge is 0.444 e. The Bertz CT molecular complexity index is 2000. The summed E-state index contributed by atoms with van der Waals surface area (Å²) >= 11 is 0. The summed E-state index contributed by atoms with van der Waals surface area (Å²) in [5.74, 6) is -3.53. The first-order valence-corrected chi connectivity index (χ1v) is 23.1. The van der Waals surface area contributed by atoms with Crippen LogP contribution < -0.4 is 15.4 Å². The fraction of sp³-hybridized carbons (Fsp3) is 0.610. The van der Waals surface area contributed by atoms with Crippen molar-refractivity contribution in [2.24, 2.45) is 11.8 Å². The second-order valence-electron chi connectivity index (χ2n) is 17.0. The van der Waals surface area contributed by atoms with Gasteiger partial charge in [0.15, 0.2) is 9.84 Å². The molecule has 0 spiro atoms. The van der Waals surface area contributed by atoms with Gasteiger partial charge in [-0.05, 0) is 89.7 Å². The van der Waals surface area contributed by atoms with E-state index in [0.717, 1.165) is 17.6 Å². The average Bonchev–Trinajstić information content (AvgIpc) is 4.06. The quantitative estimate of drug-likeness (QED) is 0.297. The van der Waals surface area contributed by atoms with Crippen molar-refractivity contribution in [1.29, 1.82) is 0 Å². The summed E-state index contributed by atoms with van der Waals surface area (Å²) in [6.07, 6.45) is 12.9. The Morgan fingerprint density at radius 2 is 1.70 bits per heavy atom. The van der Waals surface area contributed by atoms with Gasteiger partial charge in [-0.3, -0.25) is 19.1 Å². The molecule has 56 heavy (non-hydrogen) atoms. The Balaban J connectivity index is 1.40. The lowest BCUT2D eigenvalue weighted by Crippen LogP contribution is -2.58. The van der Waals surface area contributed by atoms with Crippen LogP contribution in [0.25, 0.3) is 5.57 Å². The number of fused-ring (bicyclic) bond motifs is 2. The van der Waals surface area contributed by atoms with Crippen LogP contribution in [0.3, 0.4) is 0 Å². The Morgan fingerprint density at radius 1 is 0.964 bits per heavy atom. The second-order valence-corrected chi connectivity index (χ2v) is 21.4. The van der Waals surface area contributed by atoms with E-state index in [-0.39, 0.29) is 31.6 Å². The van der Waals surface area contributed by atoms with Crippen LogP contribution in [0.1, 0.15) is 104 Å². The van der Waals surface area contributed by atoms with Crippen LogP contribution in [0.2, 0.25) is 0 Å². The SMILES string of the molecule is CCCS(=O)(=O)[C@@]1(C2C=CC(c3ccccc3)=CC2)C[C@H]2C(=O)N[C@]3(C(=O)NS(=O)(=O)C4CC4)C[C@H]3/C=C\CCCCC[C@H](NC(=O)OC(C)(C)C)C(=O)N2C1. The Morgan fingerprint density at radius 3 is 2.34 bits per heavy atom. The number of carbonyl (C=O) groups excluding carboxylic acids is 4. The highest BCUT2D eigenvalue weighted by Gasteiger charge is 2.64. The molecule has 2 heterocycles. The van der Waals surface area contributed by atoms with Gasteiger partial charge in [-0.1, -0.05) is 80.5 Å². The maximum absolute atomic E-state index is 14.9. The van der Waals surface area contributed by atoms with E-state index < -0.39 is 88.7 Å². The zero-order valence-electron chi connectivity index (χ0n) is 32.8. The number of nitrogens with zero attached hydrogens (tertiary/aromatic N) is 1. The molecule has 306 valence electrons. The normalized spacial score (nSPS) is 30.7. The van der Waals surface area contributed by atoms with Gasteiger partial charge in [-0.15, -0.1) is 0 Å². The predicted octanol–water partition coefficient (Wildman–Crippen LogP) is 4.71. The van der Waals surface area contributed by atoms with Crippen molar-refractivity contribution < 1.29 is 40.8 Å².